The average molecular weight is 395 g/mol. The lowest BCUT2D eigenvalue weighted by Gasteiger charge is -2.24. The number of benzene rings is 3. The second kappa shape index (κ2) is 6.07. The van der Waals surface area contributed by atoms with E-state index in [0.717, 1.165) is 27.4 Å². The Labute approximate surface area is 171 Å². The topological polar surface area (TPSA) is 61.4 Å². The van der Waals surface area contributed by atoms with Crippen molar-refractivity contribution in [3.63, 3.8) is 0 Å². The van der Waals surface area contributed by atoms with Crippen LogP contribution in [0.5, 0.6) is 5.75 Å². The number of para-hydroxylation sites is 2. The highest BCUT2D eigenvalue weighted by atomic mass is 16.5. The van der Waals surface area contributed by atoms with Gasteiger partial charge in [0.1, 0.15) is 5.58 Å². The molecule has 1 atom stereocenters. The van der Waals surface area contributed by atoms with Crippen LogP contribution in [0.3, 0.4) is 0 Å². The van der Waals surface area contributed by atoms with Gasteiger partial charge in [-0.1, -0.05) is 36.4 Å². The number of rotatable bonds is 1. The number of ether oxygens (including phenoxy) is 1. The van der Waals surface area contributed by atoms with Crippen molar-refractivity contribution in [1.82, 2.24) is 4.57 Å². The van der Waals surface area contributed by atoms with Crippen LogP contribution in [-0.2, 0) is 11.8 Å². The molecule has 0 radical (unpaired) electrons. The van der Waals surface area contributed by atoms with E-state index >= 15 is 0 Å². The third-order valence-electron chi connectivity index (χ3n) is 6.07. The molecule has 3 heterocycles. The highest BCUT2D eigenvalue weighted by Crippen LogP contribution is 2.42. The third-order valence-corrected chi connectivity index (χ3v) is 6.07. The number of aromatic nitrogens is 1. The maximum absolute atomic E-state index is 12.9. The summed E-state index contributed by atoms with van der Waals surface area (Å²) in [5, 5.41) is 2.87. The summed E-state index contributed by atoms with van der Waals surface area (Å²) in [6, 6.07) is 21.5. The van der Waals surface area contributed by atoms with Gasteiger partial charge >= 0.3 is 11.6 Å². The second-order valence-electron chi connectivity index (χ2n) is 7.71. The van der Waals surface area contributed by atoms with Gasteiger partial charge in [0.2, 0.25) is 0 Å². The van der Waals surface area contributed by atoms with E-state index in [1.807, 2.05) is 37.4 Å². The largest absolute Gasteiger partial charge is 0.425 e. The molecular formula is C25H17NO4. The van der Waals surface area contributed by atoms with Crippen LogP contribution < -0.4 is 10.4 Å². The first kappa shape index (κ1) is 17.0. The van der Waals surface area contributed by atoms with Gasteiger partial charge in [-0.3, -0.25) is 4.79 Å². The van der Waals surface area contributed by atoms with E-state index in [1.54, 1.807) is 18.2 Å². The number of carbonyl (C=O) groups is 1. The molecule has 0 saturated heterocycles. The molecule has 1 aliphatic heterocycles. The Morgan fingerprint density at radius 3 is 2.47 bits per heavy atom. The van der Waals surface area contributed by atoms with Gasteiger partial charge in [-0.25, -0.2) is 4.79 Å². The van der Waals surface area contributed by atoms with Gasteiger partial charge in [0.05, 0.1) is 17.4 Å². The Bertz CT molecular complexity index is 1560. The Kier molecular flexibility index (Phi) is 3.45. The molecule has 146 valence electrons. The summed E-state index contributed by atoms with van der Waals surface area (Å²) in [6.07, 6.45) is 0.104. The Morgan fingerprint density at radius 1 is 0.867 bits per heavy atom. The number of aryl methyl sites for hydroxylation is 1. The predicted octanol–water partition coefficient (Wildman–Crippen LogP) is 4.88. The normalized spacial score (nSPS) is 16.2. The van der Waals surface area contributed by atoms with Crippen molar-refractivity contribution < 1.29 is 13.9 Å². The molecule has 0 aliphatic carbocycles. The molecule has 3 aromatic carbocycles. The number of hydrogen-bond acceptors (Lipinski definition) is 4. The molecule has 0 amide bonds. The molecule has 6 rings (SSSR count). The molecule has 30 heavy (non-hydrogen) atoms. The Morgan fingerprint density at radius 2 is 1.60 bits per heavy atom. The first-order chi connectivity index (χ1) is 14.6. The minimum absolute atomic E-state index is 0.104. The lowest BCUT2D eigenvalue weighted by Crippen LogP contribution is -2.26. The monoisotopic (exact) mass is 395 g/mol. The lowest BCUT2D eigenvalue weighted by atomic mass is 9.86. The molecular weight excluding hydrogens is 378 g/mol. The van der Waals surface area contributed by atoms with E-state index in [2.05, 4.69) is 22.8 Å². The van der Waals surface area contributed by atoms with Crippen LogP contribution in [0.25, 0.3) is 32.8 Å². The highest BCUT2D eigenvalue weighted by molar-refractivity contribution is 6.08. The summed E-state index contributed by atoms with van der Waals surface area (Å²) in [5.41, 5.74) is 3.51. The van der Waals surface area contributed by atoms with Crippen LogP contribution >= 0.6 is 0 Å². The maximum Gasteiger partial charge on any atom is 0.343 e. The molecule has 0 bridgehead atoms. The minimum Gasteiger partial charge on any atom is -0.425 e. The molecule has 5 nitrogen and oxygen atoms in total. The molecule has 0 saturated carbocycles. The first-order valence-electron chi connectivity index (χ1n) is 9.85. The standard InChI is InChI=1S/C25H17NO4/c1-26-19-8-4-2-6-15(19)18-12-14(10-11-20(18)26)17-13-22(27)30-24-16-7-3-5-9-21(16)29-25(28)23(17)24/h2-12,17H,13H2,1H3. The molecule has 0 N–H and O–H groups in total. The van der Waals surface area contributed by atoms with E-state index in [1.165, 1.54) is 0 Å². The molecule has 0 spiro atoms. The summed E-state index contributed by atoms with van der Waals surface area (Å²) in [4.78, 5) is 25.4. The summed E-state index contributed by atoms with van der Waals surface area (Å²) in [5.74, 6) is -0.437. The minimum atomic E-state index is -0.459. The summed E-state index contributed by atoms with van der Waals surface area (Å²) >= 11 is 0. The number of esters is 1. The van der Waals surface area contributed by atoms with Gasteiger partial charge in [0.15, 0.2) is 5.75 Å². The lowest BCUT2D eigenvalue weighted by molar-refractivity contribution is -0.135. The Hall–Kier alpha value is -3.86. The van der Waals surface area contributed by atoms with Crippen molar-refractivity contribution in [2.45, 2.75) is 12.3 Å². The van der Waals surface area contributed by atoms with Crippen LogP contribution in [-0.4, -0.2) is 10.5 Å². The molecule has 0 fully saturated rings. The van der Waals surface area contributed by atoms with E-state index in [4.69, 9.17) is 9.15 Å². The van der Waals surface area contributed by atoms with Gasteiger partial charge in [0, 0.05) is 34.8 Å². The van der Waals surface area contributed by atoms with Gasteiger partial charge in [0.25, 0.3) is 0 Å². The van der Waals surface area contributed by atoms with Crippen LogP contribution in [0.4, 0.5) is 0 Å². The van der Waals surface area contributed by atoms with Gasteiger partial charge < -0.3 is 13.7 Å². The molecule has 1 unspecified atom stereocenters. The fourth-order valence-electron chi connectivity index (χ4n) is 4.66. The fraction of sp³-hybridized carbons (Fsp3) is 0.120. The number of nitrogens with zero attached hydrogens (tertiary/aromatic N) is 1. The predicted molar refractivity (Wildman–Crippen MR) is 115 cm³/mol. The number of carbonyl (C=O) groups excluding carboxylic acids is 1. The van der Waals surface area contributed by atoms with Gasteiger partial charge in [-0.2, -0.15) is 0 Å². The summed E-state index contributed by atoms with van der Waals surface area (Å²) in [6.45, 7) is 0. The molecule has 2 aromatic heterocycles. The van der Waals surface area contributed by atoms with E-state index in [-0.39, 0.29) is 12.4 Å². The summed E-state index contributed by atoms with van der Waals surface area (Å²) < 4.78 is 13.2. The zero-order valence-corrected chi connectivity index (χ0v) is 16.2. The van der Waals surface area contributed by atoms with Crippen molar-refractivity contribution >= 4 is 38.7 Å². The molecule has 1 aliphatic rings. The first-order valence-corrected chi connectivity index (χ1v) is 9.85. The van der Waals surface area contributed by atoms with Gasteiger partial charge in [-0.05, 0) is 35.9 Å². The maximum atomic E-state index is 12.9. The SMILES string of the molecule is Cn1c2ccccc2c2cc(C3CC(=O)Oc4c3c(=O)oc3ccccc43)ccc21. The summed E-state index contributed by atoms with van der Waals surface area (Å²) in [7, 11) is 2.04. The van der Waals surface area contributed by atoms with Crippen LogP contribution in [0.2, 0.25) is 0 Å². The quantitative estimate of drug-likeness (QED) is 0.300. The van der Waals surface area contributed by atoms with Crippen LogP contribution in [0, 0.1) is 0 Å². The zero-order chi connectivity index (χ0) is 20.4. The van der Waals surface area contributed by atoms with Crippen LogP contribution in [0.1, 0.15) is 23.5 Å². The van der Waals surface area contributed by atoms with Crippen molar-refractivity contribution in [1.29, 1.82) is 0 Å². The highest BCUT2D eigenvalue weighted by Gasteiger charge is 2.34. The smallest absolute Gasteiger partial charge is 0.343 e. The van der Waals surface area contributed by atoms with E-state index in [0.29, 0.717) is 22.3 Å². The van der Waals surface area contributed by atoms with Crippen molar-refractivity contribution in [3.8, 4) is 5.75 Å². The zero-order valence-electron chi connectivity index (χ0n) is 16.2. The second-order valence-corrected chi connectivity index (χ2v) is 7.71. The number of hydrogen-bond donors (Lipinski definition) is 0. The fourth-order valence-corrected chi connectivity index (χ4v) is 4.66. The third kappa shape index (κ3) is 2.29. The van der Waals surface area contributed by atoms with Crippen molar-refractivity contribution in [3.05, 3.63) is 88.3 Å². The van der Waals surface area contributed by atoms with Gasteiger partial charge in [-0.15, -0.1) is 0 Å². The Balaban J connectivity index is 1.63. The van der Waals surface area contributed by atoms with E-state index in [9.17, 15) is 9.59 Å². The molecule has 5 heteroatoms. The molecule has 5 aromatic rings. The number of fused-ring (bicyclic) bond motifs is 6. The van der Waals surface area contributed by atoms with E-state index < -0.39 is 11.5 Å². The van der Waals surface area contributed by atoms with Crippen molar-refractivity contribution in [2.75, 3.05) is 0 Å². The average Bonchev–Trinajstić information content (AvgIpc) is 3.05. The van der Waals surface area contributed by atoms with Crippen LogP contribution in [0.15, 0.2) is 75.9 Å². The van der Waals surface area contributed by atoms with Crippen molar-refractivity contribution in [2.24, 2.45) is 7.05 Å².